The van der Waals surface area contributed by atoms with Gasteiger partial charge in [0.05, 0.1) is 5.60 Å². The fourth-order valence-electron chi connectivity index (χ4n) is 3.54. The van der Waals surface area contributed by atoms with Crippen LogP contribution >= 0.6 is 0 Å². The summed E-state index contributed by atoms with van der Waals surface area (Å²) in [7, 11) is 0. The van der Waals surface area contributed by atoms with Crippen molar-refractivity contribution in [1.29, 1.82) is 0 Å². The maximum absolute atomic E-state index is 10.9. The Balaban J connectivity index is 2.98. The highest BCUT2D eigenvalue weighted by Gasteiger charge is 2.52. The minimum absolute atomic E-state index is 0.0324. The lowest BCUT2D eigenvalue weighted by Crippen LogP contribution is -2.54. The molecule has 3 atom stereocenters. The van der Waals surface area contributed by atoms with E-state index in [-0.39, 0.29) is 11.3 Å². The van der Waals surface area contributed by atoms with Gasteiger partial charge in [0.25, 0.3) is 0 Å². The van der Waals surface area contributed by atoms with Gasteiger partial charge in [0.15, 0.2) is 0 Å². The van der Waals surface area contributed by atoms with Gasteiger partial charge < -0.3 is 10.8 Å². The fraction of sp³-hybridized carbons (Fsp3) is 1.00. The molecule has 1 aliphatic rings. The summed E-state index contributed by atoms with van der Waals surface area (Å²) in [5.41, 5.74) is 5.36. The van der Waals surface area contributed by atoms with Crippen LogP contribution < -0.4 is 5.73 Å². The van der Waals surface area contributed by atoms with Crippen LogP contribution in [-0.2, 0) is 0 Å². The SMILES string of the molecule is CCC(O)(C(C)C)C1(CN)CCC(C)C1. The predicted molar refractivity (Wildman–Crippen MR) is 64.6 cm³/mol. The van der Waals surface area contributed by atoms with E-state index in [9.17, 15) is 5.11 Å². The molecule has 15 heavy (non-hydrogen) atoms. The van der Waals surface area contributed by atoms with Gasteiger partial charge in [-0.25, -0.2) is 0 Å². The van der Waals surface area contributed by atoms with Crippen LogP contribution in [0.1, 0.15) is 53.4 Å². The van der Waals surface area contributed by atoms with E-state index in [1.54, 1.807) is 0 Å². The van der Waals surface area contributed by atoms with E-state index in [1.165, 1.54) is 6.42 Å². The summed E-state index contributed by atoms with van der Waals surface area (Å²) >= 11 is 0. The summed E-state index contributed by atoms with van der Waals surface area (Å²) in [4.78, 5) is 0. The zero-order valence-electron chi connectivity index (χ0n) is 10.7. The van der Waals surface area contributed by atoms with Crippen LogP contribution in [0.3, 0.4) is 0 Å². The van der Waals surface area contributed by atoms with Crippen LogP contribution in [0, 0.1) is 17.3 Å². The maximum atomic E-state index is 10.9. The lowest BCUT2D eigenvalue weighted by Gasteiger charge is -2.47. The van der Waals surface area contributed by atoms with Crippen molar-refractivity contribution in [3.63, 3.8) is 0 Å². The van der Waals surface area contributed by atoms with Crippen molar-refractivity contribution >= 4 is 0 Å². The van der Waals surface area contributed by atoms with E-state index in [0.29, 0.717) is 12.5 Å². The normalized spacial score (nSPS) is 35.8. The summed E-state index contributed by atoms with van der Waals surface area (Å²) in [6.45, 7) is 9.21. The van der Waals surface area contributed by atoms with Gasteiger partial charge >= 0.3 is 0 Å². The van der Waals surface area contributed by atoms with Gasteiger partial charge in [-0.3, -0.25) is 0 Å². The van der Waals surface area contributed by atoms with E-state index < -0.39 is 5.60 Å². The summed E-state index contributed by atoms with van der Waals surface area (Å²) in [6, 6.07) is 0. The van der Waals surface area contributed by atoms with Gasteiger partial charge in [0, 0.05) is 12.0 Å². The molecule has 3 N–H and O–H groups in total. The molecule has 0 spiro atoms. The molecule has 1 rings (SSSR count). The topological polar surface area (TPSA) is 46.2 Å². The molecule has 2 heteroatoms. The third-order valence-corrected chi connectivity index (χ3v) is 4.66. The summed E-state index contributed by atoms with van der Waals surface area (Å²) in [6.07, 6.45) is 4.21. The van der Waals surface area contributed by atoms with Crippen molar-refractivity contribution in [3.05, 3.63) is 0 Å². The molecule has 1 aliphatic carbocycles. The lowest BCUT2D eigenvalue weighted by atomic mass is 9.63. The van der Waals surface area contributed by atoms with Crippen molar-refractivity contribution < 1.29 is 5.11 Å². The molecule has 0 aliphatic heterocycles. The second-order valence-electron chi connectivity index (χ2n) is 5.76. The van der Waals surface area contributed by atoms with Gasteiger partial charge in [0.1, 0.15) is 0 Å². The Morgan fingerprint density at radius 1 is 1.53 bits per heavy atom. The summed E-state index contributed by atoms with van der Waals surface area (Å²) < 4.78 is 0. The Morgan fingerprint density at radius 3 is 2.40 bits per heavy atom. The minimum atomic E-state index is -0.577. The van der Waals surface area contributed by atoms with Crippen molar-refractivity contribution in [2.75, 3.05) is 6.54 Å². The highest BCUT2D eigenvalue weighted by molar-refractivity contribution is 5.04. The van der Waals surface area contributed by atoms with Crippen molar-refractivity contribution in [2.24, 2.45) is 23.0 Å². The first-order chi connectivity index (χ1) is 6.92. The van der Waals surface area contributed by atoms with Crippen molar-refractivity contribution in [1.82, 2.24) is 0 Å². The first-order valence-electron chi connectivity index (χ1n) is 6.34. The third kappa shape index (κ3) is 1.94. The van der Waals surface area contributed by atoms with Crippen molar-refractivity contribution in [3.8, 4) is 0 Å². The average Bonchev–Trinajstić information content (AvgIpc) is 2.60. The second-order valence-corrected chi connectivity index (χ2v) is 5.76. The molecule has 0 aromatic heterocycles. The zero-order valence-corrected chi connectivity index (χ0v) is 10.7. The Morgan fingerprint density at radius 2 is 2.13 bits per heavy atom. The van der Waals surface area contributed by atoms with Crippen LogP contribution in [0.15, 0.2) is 0 Å². The average molecular weight is 213 g/mol. The molecule has 1 saturated carbocycles. The zero-order chi connectivity index (χ0) is 11.7. The maximum Gasteiger partial charge on any atom is 0.0735 e. The summed E-state index contributed by atoms with van der Waals surface area (Å²) in [5.74, 6) is 1.00. The molecular weight excluding hydrogens is 186 g/mol. The van der Waals surface area contributed by atoms with Gasteiger partial charge in [-0.2, -0.15) is 0 Å². The van der Waals surface area contributed by atoms with E-state index in [0.717, 1.165) is 19.3 Å². The highest BCUT2D eigenvalue weighted by atomic mass is 16.3. The molecule has 3 unspecified atom stereocenters. The second kappa shape index (κ2) is 4.42. The molecule has 0 aromatic rings. The third-order valence-electron chi connectivity index (χ3n) is 4.66. The van der Waals surface area contributed by atoms with Gasteiger partial charge in [-0.15, -0.1) is 0 Å². The molecule has 0 saturated heterocycles. The molecule has 2 nitrogen and oxygen atoms in total. The monoisotopic (exact) mass is 213 g/mol. The molecule has 0 bridgehead atoms. The first-order valence-corrected chi connectivity index (χ1v) is 6.34. The largest absolute Gasteiger partial charge is 0.389 e. The standard InChI is InChI=1S/C13H27NO/c1-5-13(15,10(2)3)12(9-14)7-6-11(4)8-12/h10-11,15H,5-9,14H2,1-4H3. The quantitative estimate of drug-likeness (QED) is 0.754. The first kappa shape index (κ1) is 13.0. The Kier molecular flexibility index (Phi) is 3.83. The molecule has 0 radical (unpaired) electrons. The van der Waals surface area contributed by atoms with Gasteiger partial charge in [-0.1, -0.05) is 34.1 Å². The molecule has 1 fully saturated rings. The van der Waals surface area contributed by atoms with E-state index in [2.05, 4.69) is 27.7 Å². The number of hydrogen-bond acceptors (Lipinski definition) is 2. The molecule has 90 valence electrons. The van der Waals surface area contributed by atoms with Gasteiger partial charge in [0.2, 0.25) is 0 Å². The van der Waals surface area contributed by atoms with Crippen LogP contribution in [0.25, 0.3) is 0 Å². The van der Waals surface area contributed by atoms with E-state index in [1.807, 2.05) is 0 Å². The number of nitrogens with two attached hydrogens (primary N) is 1. The van der Waals surface area contributed by atoms with Crippen LogP contribution in [0.4, 0.5) is 0 Å². The Labute approximate surface area is 94.2 Å². The van der Waals surface area contributed by atoms with Crippen LogP contribution in [0.5, 0.6) is 0 Å². The van der Waals surface area contributed by atoms with Gasteiger partial charge in [-0.05, 0) is 31.1 Å². The van der Waals surface area contributed by atoms with Crippen LogP contribution in [-0.4, -0.2) is 17.3 Å². The lowest BCUT2D eigenvalue weighted by molar-refractivity contribution is -0.116. The Bertz CT molecular complexity index is 217. The van der Waals surface area contributed by atoms with Crippen LogP contribution in [0.2, 0.25) is 0 Å². The number of aliphatic hydroxyl groups is 1. The van der Waals surface area contributed by atoms with Crippen molar-refractivity contribution in [2.45, 2.75) is 59.0 Å². The molecule has 0 heterocycles. The highest BCUT2D eigenvalue weighted by Crippen LogP contribution is 2.52. The smallest absolute Gasteiger partial charge is 0.0735 e. The summed E-state index contributed by atoms with van der Waals surface area (Å²) in [5, 5.41) is 10.9. The van der Waals surface area contributed by atoms with E-state index in [4.69, 9.17) is 5.73 Å². The van der Waals surface area contributed by atoms with E-state index >= 15 is 0 Å². The number of rotatable bonds is 4. The predicted octanol–water partition coefficient (Wildman–Crippen LogP) is 2.55. The molecular formula is C13H27NO. The number of hydrogen-bond donors (Lipinski definition) is 2. The fourth-order valence-corrected chi connectivity index (χ4v) is 3.54. The Hall–Kier alpha value is -0.0800. The molecule has 0 amide bonds. The minimum Gasteiger partial charge on any atom is -0.389 e. The molecule has 0 aromatic carbocycles.